The van der Waals surface area contributed by atoms with Crippen molar-refractivity contribution in [3.05, 3.63) is 59.4 Å². The second-order valence-electron chi connectivity index (χ2n) is 6.84. The lowest BCUT2D eigenvalue weighted by Crippen LogP contribution is -2.37. The van der Waals surface area contributed by atoms with E-state index in [0.717, 1.165) is 19.3 Å². The van der Waals surface area contributed by atoms with E-state index in [2.05, 4.69) is 22.8 Å². The van der Waals surface area contributed by atoms with Crippen molar-refractivity contribution in [2.75, 3.05) is 24.2 Å². The number of hydrogen-bond acceptors (Lipinski definition) is 3. The number of benzene rings is 2. The summed E-state index contributed by atoms with van der Waals surface area (Å²) >= 11 is 0. The zero-order chi connectivity index (χ0) is 19.4. The van der Waals surface area contributed by atoms with Gasteiger partial charge in [0.2, 0.25) is 11.8 Å². The number of fused-ring (bicyclic) bond motifs is 1. The van der Waals surface area contributed by atoms with Gasteiger partial charge in [-0.15, -0.1) is 0 Å². The number of hydrogen-bond donors (Lipinski definition) is 2. The molecule has 1 atom stereocenters. The Balaban J connectivity index is 1.67. The van der Waals surface area contributed by atoms with E-state index in [1.165, 1.54) is 36.2 Å². The fourth-order valence-electron chi connectivity index (χ4n) is 3.54. The number of nitrogens with zero attached hydrogens (tertiary/aromatic N) is 1. The zero-order valence-corrected chi connectivity index (χ0v) is 15.6. The van der Waals surface area contributed by atoms with Gasteiger partial charge in [0.05, 0.1) is 18.3 Å². The molecule has 0 saturated carbocycles. The van der Waals surface area contributed by atoms with Crippen LogP contribution in [-0.4, -0.2) is 30.3 Å². The van der Waals surface area contributed by atoms with Crippen molar-refractivity contribution in [2.24, 2.45) is 0 Å². The molecule has 1 aliphatic carbocycles. The smallest absolute Gasteiger partial charge is 0.242 e. The Bertz CT molecular complexity index is 853. The molecule has 0 fully saturated rings. The van der Waals surface area contributed by atoms with Gasteiger partial charge in [0.1, 0.15) is 5.82 Å². The number of rotatable bonds is 5. The lowest BCUT2D eigenvalue weighted by Gasteiger charge is -2.33. The first kappa shape index (κ1) is 18.9. The molecule has 2 aromatic carbocycles. The summed E-state index contributed by atoms with van der Waals surface area (Å²) in [4.78, 5) is 25.6. The minimum Gasteiger partial charge on any atom is -0.374 e. The number of carbonyl (C=O) groups excluding carboxylic acids is 2. The van der Waals surface area contributed by atoms with E-state index in [1.807, 2.05) is 12.1 Å². The van der Waals surface area contributed by atoms with Gasteiger partial charge in [-0.1, -0.05) is 24.3 Å². The van der Waals surface area contributed by atoms with Crippen LogP contribution >= 0.6 is 0 Å². The maximum atomic E-state index is 14.0. The largest absolute Gasteiger partial charge is 0.374 e. The molecule has 1 aliphatic rings. The molecule has 5 nitrogen and oxygen atoms in total. The molecule has 0 aliphatic heterocycles. The number of anilines is 2. The Labute approximate surface area is 158 Å². The first-order valence-corrected chi connectivity index (χ1v) is 9.10. The highest BCUT2D eigenvalue weighted by Gasteiger charge is 2.26. The van der Waals surface area contributed by atoms with Crippen LogP contribution in [0.15, 0.2) is 42.5 Å². The van der Waals surface area contributed by atoms with Crippen molar-refractivity contribution in [3.63, 3.8) is 0 Å². The third-order valence-electron chi connectivity index (χ3n) is 4.92. The first-order valence-electron chi connectivity index (χ1n) is 9.10. The second kappa shape index (κ2) is 8.20. The normalized spacial score (nSPS) is 15.6. The van der Waals surface area contributed by atoms with Gasteiger partial charge < -0.3 is 15.5 Å². The summed E-state index contributed by atoms with van der Waals surface area (Å²) in [6, 6.07) is 12.5. The molecule has 0 spiro atoms. The van der Waals surface area contributed by atoms with Gasteiger partial charge in [-0.2, -0.15) is 0 Å². The predicted octanol–water partition coefficient (Wildman–Crippen LogP) is 3.73. The van der Waals surface area contributed by atoms with E-state index in [0.29, 0.717) is 5.69 Å². The van der Waals surface area contributed by atoms with E-state index in [9.17, 15) is 14.0 Å². The van der Waals surface area contributed by atoms with Gasteiger partial charge >= 0.3 is 0 Å². The molecule has 0 heterocycles. The topological polar surface area (TPSA) is 61.4 Å². The Kier molecular flexibility index (Phi) is 5.74. The van der Waals surface area contributed by atoms with Crippen LogP contribution in [0.4, 0.5) is 15.8 Å². The number of nitrogens with one attached hydrogen (secondary N) is 2. The fourth-order valence-corrected chi connectivity index (χ4v) is 3.54. The minimum absolute atomic E-state index is 0.0182. The molecule has 1 unspecified atom stereocenters. The van der Waals surface area contributed by atoms with Gasteiger partial charge in [0.25, 0.3) is 0 Å². The Morgan fingerprint density at radius 1 is 1.22 bits per heavy atom. The summed E-state index contributed by atoms with van der Waals surface area (Å²) in [6.07, 6.45) is 3.00. The van der Waals surface area contributed by atoms with Crippen LogP contribution in [0.25, 0.3) is 0 Å². The molecular formula is C21H24FN3O2. The highest BCUT2D eigenvalue weighted by atomic mass is 19.1. The van der Waals surface area contributed by atoms with Crippen LogP contribution in [0, 0.1) is 5.82 Å². The summed E-state index contributed by atoms with van der Waals surface area (Å²) in [5.41, 5.74) is 3.15. The molecule has 3 rings (SSSR count). The summed E-state index contributed by atoms with van der Waals surface area (Å²) in [5.74, 6) is -0.817. The van der Waals surface area contributed by atoms with Crippen LogP contribution < -0.4 is 10.6 Å². The van der Waals surface area contributed by atoms with Gasteiger partial charge in [-0.05, 0) is 48.6 Å². The van der Waals surface area contributed by atoms with Crippen LogP contribution in [-0.2, 0) is 16.0 Å². The van der Waals surface area contributed by atoms with E-state index < -0.39 is 5.82 Å². The average molecular weight is 369 g/mol. The van der Waals surface area contributed by atoms with Crippen molar-refractivity contribution >= 4 is 23.2 Å². The SMILES string of the molecule is CC(=O)Nc1ccc(F)c(NCC(=O)N(C)C2CCCc3ccccc32)c1. The molecule has 0 radical (unpaired) electrons. The summed E-state index contributed by atoms with van der Waals surface area (Å²) in [7, 11) is 1.79. The monoisotopic (exact) mass is 369 g/mol. The molecule has 2 N–H and O–H groups in total. The number of aryl methyl sites for hydroxylation is 1. The van der Waals surface area contributed by atoms with E-state index in [4.69, 9.17) is 0 Å². The van der Waals surface area contributed by atoms with Crippen molar-refractivity contribution in [1.82, 2.24) is 4.90 Å². The Morgan fingerprint density at radius 2 is 2.00 bits per heavy atom. The number of halogens is 1. The van der Waals surface area contributed by atoms with Crippen LogP contribution in [0.5, 0.6) is 0 Å². The van der Waals surface area contributed by atoms with Crippen molar-refractivity contribution in [2.45, 2.75) is 32.2 Å². The predicted molar refractivity (Wildman–Crippen MR) is 104 cm³/mol. The average Bonchev–Trinajstić information content (AvgIpc) is 2.66. The summed E-state index contributed by atoms with van der Waals surface area (Å²) in [6.45, 7) is 1.37. The molecule has 2 amide bonds. The maximum Gasteiger partial charge on any atom is 0.242 e. The van der Waals surface area contributed by atoms with E-state index >= 15 is 0 Å². The molecule has 0 aromatic heterocycles. The Morgan fingerprint density at radius 3 is 2.78 bits per heavy atom. The van der Waals surface area contributed by atoms with Gasteiger partial charge in [0.15, 0.2) is 0 Å². The van der Waals surface area contributed by atoms with Crippen molar-refractivity contribution in [1.29, 1.82) is 0 Å². The van der Waals surface area contributed by atoms with Gasteiger partial charge in [0, 0.05) is 19.7 Å². The first-order chi connectivity index (χ1) is 13.0. The highest BCUT2D eigenvalue weighted by molar-refractivity contribution is 5.89. The van der Waals surface area contributed by atoms with Gasteiger partial charge in [-0.25, -0.2) is 4.39 Å². The molecular weight excluding hydrogens is 345 g/mol. The molecule has 142 valence electrons. The quantitative estimate of drug-likeness (QED) is 0.844. The lowest BCUT2D eigenvalue weighted by atomic mass is 9.87. The van der Waals surface area contributed by atoms with E-state index in [-0.39, 0.29) is 30.1 Å². The Hall–Kier alpha value is -2.89. The molecule has 0 saturated heterocycles. The van der Waals surface area contributed by atoms with Crippen LogP contribution in [0.3, 0.4) is 0 Å². The van der Waals surface area contributed by atoms with Crippen molar-refractivity contribution < 1.29 is 14.0 Å². The highest BCUT2D eigenvalue weighted by Crippen LogP contribution is 2.33. The minimum atomic E-state index is -0.470. The summed E-state index contributed by atoms with van der Waals surface area (Å²) < 4.78 is 14.0. The molecule has 6 heteroatoms. The van der Waals surface area contributed by atoms with E-state index in [1.54, 1.807) is 11.9 Å². The fraction of sp³-hybridized carbons (Fsp3) is 0.333. The third-order valence-corrected chi connectivity index (χ3v) is 4.92. The number of amides is 2. The molecule has 2 aromatic rings. The third kappa shape index (κ3) is 4.45. The van der Waals surface area contributed by atoms with Crippen LogP contribution in [0.2, 0.25) is 0 Å². The summed E-state index contributed by atoms with van der Waals surface area (Å²) in [5, 5.41) is 5.46. The maximum absolute atomic E-state index is 14.0. The number of carbonyl (C=O) groups is 2. The molecule has 27 heavy (non-hydrogen) atoms. The van der Waals surface area contributed by atoms with Crippen molar-refractivity contribution in [3.8, 4) is 0 Å². The van der Waals surface area contributed by atoms with Crippen LogP contribution in [0.1, 0.15) is 36.9 Å². The zero-order valence-electron chi connectivity index (χ0n) is 15.6. The number of likely N-dealkylation sites (N-methyl/N-ethyl adjacent to an activating group) is 1. The lowest BCUT2D eigenvalue weighted by molar-refractivity contribution is -0.130. The molecule has 0 bridgehead atoms. The van der Waals surface area contributed by atoms with Gasteiger partial charge in [-0.3, -0.25) is 9.59 Å². The standard InChI is InChI=1S/C21H24FN3O2/c1-14(26)24-16-10-11-18(22)19(12-16)23-13-21(27)25(2)20-9-5-7-15-6-3-4-8-17(15)20/h3-4,6,8,10-12,20,23H,5,7,9,13H2,1-2H3,(H,24,26). The second-order valence-corrected chi connectivity index (χ2v) is 6.84.